The van der Waals surface area contributed by atoms with Crippen LogP contribution in [0.1, 0.15) is 31.1 Å². The summed E-state index contributed by atoms with van der Waals surface area (Å²) < 4.78 is 1.61. The smallest absolute Gasteiger partial charge is 0.222 e. The van der Waals surface area contributed by atoms with Gasteiger partial charge in [-0.1, -0.05) is 18.6 Å². The van der Waals surface area contributed by atoms with Crippen LogP contribution < -0.4 is 5.62 Å². The third-order valence-corrected chi connectivity index (χ3v) is 4.32. The molecule has 2 aromatic heterocycles. The first kappa shape index (κ1) is 12.5. The molecule has 0 spiro atoms. The van der Waals surface area contributed by atoms with Crippen LogP contribution in [0.15, 0.2) is 24.3 Å². The fourth-order valence-corrected chi connectivity index (χ4v) is 3.17. The number of piperidine rings is 1. The highest BCUT2D eigenvalue weighted by atomic mass is 15.3. The summed E-state index contributed by atoms with van der Waals surface area (Å²) in [5, 5.41) is 13.7. The quantitative estimate of drug-likeness (QED) is 0.715. The van der Waals surface area contributed by atoms with Crippen LogP contribution in [-0.4, -0.2) is 38.1 Å². The summed E-state index contributed by atoms with van der Waals surface area (Å²) in [5.41, 5.74) is 1.95. The van der Waals surface area contributed by atoms with Crippen molar-refractivity contribution in [3.8, 4) is 0 Å². The number of para-hydroxylation sites is 1. The average molecular weight is 282 g/mol. The van der Waals surface area contributed by atoms with E-state index in [1.807, 2.05) is 24.3 Å². The van der Waals surface area contributed by atoms with Crippen molar-refractivity contribution in [2.45, 2.75) is 25.3 Å². The van der Waals surface area contributed by atoms with Crippen molar-refractivity contribution in [3.05, 3.63) is 35.7 Å². The molecular formula is C15H18N6. The molecule has 1 unspecified atom stereocenters. The van der Waals surface area contributed by atoms with E-state index in [2.05, 4.69) is 22.0 Å². The lowest BCUT2D eigenvalue weighted by molar-refractivity contribution is 0.179. The molecule has 6 nitrogen and oxygen atoms in total. The van der Waals surface area contributed by atoms with Gasteiger partial charge in [-0.3, -0.25) is 10.3 Å². The Balaban J connectivity index is 1.95. The number of benzene rings is 1. The van der Waals surface area contributed by atoms with Crippen LogP contribution in [-0.2, 0) is 0 Å². The first-order chi connectivity index (χ1) is 10.2. The van der Waals surface area contributed by atoms with Crippen LogP contribution in [0, 0.1) is 5.41 Å². The molecular weight excluding hydrogens is 264 g/mol. The molecule has 2 N–H and O–H groups in total. The second-order valence-electron chi connectivity index (χ2n) is 5.72. The summed E-state index contributed by atoms with van der Waals surface area (Å²) in [6.07, 6.45) is 3.54. The van der Waals surface area contributed by atoms with E-state index in [-0.39, 0.29) is 11.7 Å². The van der Waals surface area contributed by atoms with Gasteiger partial charge in [0.2, 0.25) is 5.62 Å². The molecule has 108 valence electrons. The largest absolute Gasteiger partial charge is 0.324 e. The van der Waals surface area contributed by atoms with Gasteiger partial charge < -0.3 is 4.98 Å². The van der Waals surface area contributed by atoms with Crippen molar-refractivity contribution in [2.75, 3.05) is 13.6 Å². The lowest BCUT2D eigenvalue weighted by Crippen LogP contribution is -2.30. The fourth-order valence-electron chi connectivity index (χ4n) is 3.17. The average Bonchev–Trinajstić information content (AvgIpc) is 2.94. The molecule has 1 saturated heterocycles. The monoisotopic (exact) mass is 282 g/mol. The van der Waals surface area contributed by atoms with Gasteiger partial charge in [-0.15, -0.1) is 5.10 Å². The third-order valence-electron chi connectivity index (χ3n) is 4.32. The van der Waals surface area contributed by atoms with E-state index < -0.39 is 0 Å². The molecule has 0 amide bonds. The topological polar surface area (TPSA) is 73.1 Å². The third kappa shape index (κ3) is 1.94. The molecule has 1 aliphatic heterocycles. The number of hydrogen-bond acceptors (Lipinski definition) is 4. The number of hydrogen-bond donors (Lipinski definition) is 2. The Morgan fingerprint density at radius 1 is 1.29 bits per heavy atom. The van der Waals surface area contributed by atoms with Crippen LogP contribution >= 0.6 is 0 Å². The van der Waals surface area contributed by atoms with Crippen LogP contribution in [0.5, 0.6) is 0 Å². The number of aromatic nitrogens is 4. The molecule has 1 aromatic carbocycles. The maximum Gasteiger partial charge on any atom is 0.222 e. The van der Waals surface area contributed by atoms with E-state index in [1.165, 1.54) is 12.8 Å². The van der Waals surface area contributed by atoms with Gasteiger partial charge in [0.25, 0.3) is 0 Å². The molecule has 6 heteroatoms. The van der Waals surface area contributed by atoms with E-state index in [4.69, 9.17) is 10.4 Å². The number of likely N-dealkylation sites (tertiary alicyclic amines) is 1. The number of aromatic amines is 1. The van der Waals surface area contributed by atoms with Crippen LogP contribution in [0.3, 0.4) is 0 Å². The first-order valence-corrected chi connectivity index (χ1v) is 7.36. The summed E-state index contributed by atoms with van der Waals surface area (Å²) in [6.45, 7) is 1.08. The lowest BCUT2D eigenvalue weighted by Gasteiger charge is -2.30. The SMILES string of the molecule is CN1CCCCC1c1nc2c3ccccc3[nH]c(=N)n2n1. The standard InChI is InChI=1S/C15H18N6/c1-20-9-5-4-8-12(20)13-18-14-10-6-2-3-7-11(10)17-15(16)21(14)19-13/h2-3,6-7,12H,4-5,8-9H2,1H3,(H2,16,17). The van der Waals surface area contributed by atoms with Crippen molar-refractivity contribution in [1.29, 1.82) is 5.41 Å². The molecule has 4 rings (SSSR count). The Bertz CT molecular complexity index is 861. The number of nitrogens with one attached hydrogen (secondary N) is 2. The zero-order valence-electron chi connectivity index (χ0n) is 12.0. The number of fused-ring (bicyclic) bond motifs is 3. The van der Waals surface area contributed by atoms with Gasteiger partial charge in [0.1, 0.15) is 0 Å². The molecule has 1 aliphatic rings. The number of H-pyrrole nitrogens is 1. The number of nitrogens with zero attached hydrogens (tertiary/aromatic N) is 4. The van der Waals surface area contributed by atoms with Crippen LogP contribution in [0.2, 0.25) is 0 Å². The molecule has 0 bridgehead atoms. The minimum atomic E-state index is 0.261. The van der Waals surface area contributed by atoms with Gasteiger partial charge >= 0.3 is 0 Å². The summed E-state index contributed by atoms with van der Waals surface area (Å²) in [7, 11) is 2.13. The molecule has 1 atom stereocenters. The Labute approximate surface area is 121 Å². The Morgan fingerprint density at radius 3 is 3.00 bits per heavy atom. The number of rotatable bonds is 1. The molecule has 3 heterocycles. The van der Waals surface area contributed by atoms with Crippen LogP contribution in [0.25, 0.3) is 16.6 Å². The Morgan fingerprint density at radius 2 is 2.14 bits per heavy atom. The normalized spacial score (nSPS) is 20.3. The zero-order valence-corrected chi connectivity index (χ0v) is 12.0. The van der Waals surface area contributed by atoms with Crippen molar-refractivity contribution in [1.82, 2.24) is 24.5 Å². The fraction of sp³-hybridized carbons (Fsp3) is 0.400. The summed E-state index contributed by atoms with van der Waals surface area (Å²) in [5.74, 6) is 0.829. The zero-order chi connectivity index (χ0) is 14.4. The molecule has 0 aliphatic carbocycles. The second kappa shape index (κ2) is 4.66. The lowest BCUT2D eigenvalue weighted by atomic mass is 10.0. The maximum absolute atomic E-state index is 8.11. The van der Waals surface area contributed by atoms with Crippen molar-refractivity contribution >= 4 is 16.6 Å². The van der Waals surface area contributed by atoms with Gasteiger partial charge in [0, 0.05) is 5.39 Å². The molecule has 3 aromatic rings. The van der Waals surface area contributed by atoms with E-state index in [0.717, 1.165) is 35.3 Å². The van der Waals surface area contributed by atoms with Gasteiger partial charge in [-0.25, -0.2) is 4.98 Å². The highest BCUT2D eigenvalue weighted by Crippen LogP contribution is 2.28. The molecule has 21 heavy (non-hydrogen) atoms. The van der Waals surface area contributed by atoms with E-state index in [9.17, 15) is 0 Å². The van der Waals surface area contributed by atoms with E-state index >= 15 is 0 Å². The van der Waals surface area contributed by atoms with Gasteiger partial charge in [-0.2, -0.15) is 4.52 Å². The summed E-state index contributed by atoms with van der Waals surface area (Å²) >= 11 is 0. The van der Waals surface area contributed by atoms with Crippen LogP contribution in [0.4, 0.5) is 0 Å². The first-order valence-electron chi connectivity index (χ1n) is 7.36. The van der Waals surface area contributed by atoms with E-state index in [1.54, 1.807) is 4.52 Å². The van der Waals surface area contributed by atoms with Gasteiger partial charge in [0.15, 0.2) is 11.5 Å². The second-order valence-corrected chi connectivity index (χ2v) is 5.72. The minimum Gasteiger partial charge on any atom is -0.324 e. The highest BCUT2D eigenvalue weighted by Gasteiger charge is 2.25. The Hall–Kier alpha value is -2.21. The minimum absolute atomic E-state index is 0.261. The van der Waals surface area contributed by atoms with Gasteiger partial charge in [-0.05, 0) is 38.6 Å². The van der Waals surface area contributed by atoms with Gasteiger partial charge in [0.05, 0.1) is 11.6 Å². The molecule has 1 fully saturated rings. The molecule has 0 radical (unpaired) electrons. The maximum atomic E-state index is 8.11. The van der Waals surface area contributed by atoms with E-state index in [0.29, 0.717) is 0 Å². The highest BCUT2D eigenvalue weighted by molar-refractivity contribution is 5.90. The van der Waals surface area contributed by atoms with Crippen molar-refractivity contribution in [3.63, 3.8) is 0 Å². The molecule has 0 saturated carbocycles. The predicted molar refractivity (Wildman–Crippen MR) is 79.9 cm³/mol. The van der Waals surface area contributed by atoms with Crippen molar-refractivity contribution < 1.29 is 0 Å². The predicted octanol–water partition coefficient (Wildman–Crippen LogP) is 1.85. The summed E-state index contributed by atoms with van der Waals surface area (Å²) in [4.78, 5) is 10.1. The summed E-state index contributed by atoms with van der Waals surface area (Å²) in [6, 6.07) is 8.19. The van der Waals surface area contributed by atoms with Crippen molar-refractivity contribution in [2.24, 2.45) is 0 Å². The Kier molecular flexibility index (Phi) is 2.78.